The fourth-order valence-electron chi connectivity index (χ4n) is 1.71. The Morgan fingerprint density at radius 3 is 2.75 bits per heavy atom. The quantitative estimate of drug-likeness (QED) is 0.771. The predicted molar refractivity (Wildman–Crippen MR) is 66.0 cm³/mol. The molecule has 0 bridgehead atoms. The highest BCUT2D eigenvalue weighted by Gasteiger charge is 2.22. The van der Waals surface area contributed by atoms with Crippen LogP contribution in [0.3, 0.4) is 0 Å². The van der Waals surface area contributed by atoms with Crippen LogP contribution in [0.4, 0.5) is 0 Å². The second kappa shape index (κ2) is 5.70. The number of carbonyl (C=O) groups excluding carboxylic acids is 1. The lowest BCUT2D eigenvalue weighted by Crippen LogP contribution is -2.48. The lowest BCUT2D eigenvalue weighted by molar-refractivity contribution is 0.0649. The zero-order valence-electron chi connectivity index (χ0n) is 8.80. The van der Waals surface area contributed by atoms with Crippen molar-refractivity contribution < 1.29 is 4.79 Å². The number of hydrogen-bond acceptors (Lipinski definition) is 5. The molecule has 1 fully saturated rings. The van der Waals surface area contributed by atoms with E-state index in [-0.39, 0.29) is 5.91 Å². The topological polar surface area (TPSA) is 49.3 Å². The Morgan fingerprint density at radius 2 is 2.19 bits per heavy atom. The van der Waals surface area contributed by atoms with Crippen molar-refractivity contribution in [2.24, 2.45) is 0 Å². The normalized spacial score (nSPS) is 17.7. The molecule has 0 aliphatic carbocycles. The van der Waals surface area contributed by atoms with Crippen LogP contribution in [0.25, 0.3) is 0 Å². The molecule has 88 valence electrons. The van der Waals surface area contributed by atoms with Gasteiger partial charge in [-0.1, -0.05) is 20.4 Å². The molecule has 1 saturated heterocycles. The molecule has 0 N–H and O–H groups in total. The molecule has 2 rings (SSSR count). The zero-order valence-corrected chi connectivity index (χ0v) is 11.2. The first-order valence-corrected chi connectivity index (χ1v) is 7.05. The van der Waals surface area contributed by atoms with Crippen molar-refractivity contribution in [2.45, 2.75) is 0 Å². The Labute approximate surface area is 107 Å². The molecule has 5 nitrogen and oxygen atoms in total. The van der Waals surface area contributed by atoms with Gasteiger partial charge in [0.05, 0.1) is 6.20 Å². The van der Waals surface area contributed by atoms with Gasteiger partial charge < -0.3 is 4.90 Å². The van der Waals surface area contributed by atoms with Crippen LogP contribution in [-0.2, 0) is 0 Å². The fraction of sp³-hybridized carbons (Fsp3) is 0.667. The first kappa shape index (κ1) is 11.9. The second-order valence-corrected chi connectivity index (χ2v) is 5.18. The lowest BCUT2D eigenvalue weighted by Gasteiger charge is -2.33. The first-order valence-electron chi connectivity index (χ1n) is 5.16. The number of alkyl halides is 1. The van der Waals surface area contributed by atoms with E-state index in [0.29, 0.717) is 4.88 Å². The minimum Gasteiger partial charge on any atom is -0.335 e. The Hall–Kier alpha value is -0.530. The van der Waals surface area contributed by atoms with Crippen LogP contribution in [0.2, 0.25) is 0 Å². The van der Waals surface area contributed by atoms with Gasteiger partial charge in [0, 0.05) is 38.1 Å². The van der Waals surface area contributed by atoms with E-state index >= 15 is 0 Å². The van der Waals surface area contributed by atoms with E-state index in [9.17, 15) is 4.79 Å². The number of carbonyl (C=O) groups is 1. The highest BCUT2D eigenvalue weighted by molar-refractivity contribution is 9.09. The van der Waals surface area contributed by atoms with Crippen molar-refractivity contribution in [3.8, 4) is 0 Å². The Bertz CT molecular complexity index is 337. The maximum absolute atomic E-state index is 12.0. The van der Waals surface area contributed by atoms with Crippen LogP contribution in [-0.4, -0.2) is 63.3 Å². The smallest absolute Gasteiger partial charge is 0.267 e. The number of aromatic nitrogens is 2. The molecule has 1 amide bonds. The van der Waals surface area contributed by atoms with Gasteiger partial charge in [-0.2, -0.15) is 0 Å². The Kier molecular flexibility index (Phi) is 4.25. The molecule has 0 radical (unpaired) electrons. The van der Waals surface area contributed by atoms with Gasteiger partial charge in [-0.05, 0) is 11.5 Å². The molecule has 0 aromatic carbocycles. The highest BCUT2D eigenvalue weighted by atomic mass is 79.9. The molecular formula is C9H13BrN4OS. The molecule has 1 aliphatic rings. The van der Waals surface area contributed by atoms with Gasteiger partial charge in [0.25, 0.3) is 5.91 Å². The number of piperazine rings is 1. The van der Waals surface area contributed by atoms with Gasteiger partial charge in [0.1, 0.15) is 4.88 Å². The van der Waals surface area contributed by atoms with E-state index in [0.717, 1.165) is 49.6 Å². The monoisotopic (exact) mass is 304 g/mol. The predicted octanol–water partition coefficient (Wildman–Crippen LogP) is 0.691. The molecule has 16 heavy (non-hydrogen) atoms. The van der Waals surface area contributed by atoms with E-state index in [1.165, 1.54) is 6.20 Å². The van der Waals surface area contributed by atoms with E-state index in [1.807, 2.05) is 4.90 Å². The SMILES string of the molecule is O=C(c1cnns1)N1CCN(CCBr)CC1. The summed E-state index contributed by atoms with van der Waals surface area (Å²) < 4.78 is 3.71. The van der Waals surface area contributed by atoms with Crippen molar-refractivity contribution >= 4 is 33.4 Å². The minimum absolute atomic E-state index is 0.0634. The molecule has 0 atom stereocenters. The summed E-state index contributed by atoms with van der Waals surface area (Å²) in [6, 6.07) is 0. The van der Waals surface area contributed by atoms with Crippen molar-refractivity contribution in [3.05, 3.63) is 11.1 Å². The van der Waals surface area contributed by atoms with Crippen LogP contribution in [0.5, 0.6) is 0 Å². The Morgan fingerprint density at radius 1 is 1.44 bits per heavy atom. The molecule has 0 spiro atoms. The van der Waals surface area contributed by atoms with Gasteiger partial charge in [-0.3, -0.25) is 9.69 Å². The van der Waals surface area contributed by atoms with E-state index in [1.54, 1.807) is 0 Å². The lowest BCUT2D eigenvalue weighted by atomic mass is 10.3. The van der Waals surface area contributed by atoms with Gasteiger partial charge in [-0.25, -0.2) is 0 Å². The third-order valence-electron chi connectivity index (χ3n) is 2.63. The number of halogens is 1. The summed E-state index contributed by atoms with van der Waals surface area (Å²) in [5, 5.41) is 4.67. The zero-order chi connectivity index (χ0) is 11.4. The largest absolute Gasteiger partial charge is 0.335 e. The van der Waals surface area contributed by atoms with Crippen molar-refractivity contribution in [2.75, 3.05) is 38.1 Å². The molecule has 1 aliphatic heterocycles. The number of rotatable bonds is 3. The summed E-state index contributed by atoms with van der Waals surface area (Å²) >= 11 is 4.59. The molecule has 0 unspecified atom stereocenters. The Balaban J connectivity index is 1.87. The van der Waals surface area contributed by atoms with Crippen molar-refractivity contribution in [3.63, 3.8) is 0 Å². The summed E-state index contributed by atoms with van der Waals surface area (Å²) in [5.41, 5.74) is 0. The molecule has 7 heteroatoms. The molecular weight excluding hydrogens is 292 g/mol. The van der Waals surface area contributed by atoms with Crippen molar-refractivity contribution in [1.82, 2.24) is 19.4 Å². The highest BCUT2D eigenvalue weighted by Crippen LogP contribution is 2.10. The summed E-state index contributed by atoms with van der Waals surface area (Å²) in [4.78, 5) is 16.8. The minimum atomic E-state index is 0.0634. The molecule has 1 aromatic rings. The molecule has 0 saturated carbocycles. The third kappa shape index (κ3) is 2.78. The molecule has 1 aromatic heterocycles. The summed E-state index contributed by atoms with van der Waals surface area (Å²) in [5.74, 6) is 0.0634. The van der Waals surface area contributed by atoms with Crippen LogP contribution >= 0.6 is 27.5 Å². The van der Waals surface area contributed by atoms with Gasteiger partial charge in [0.15, 0.2) is 0 Å². The van der Waals surface area contributed by atoms with Gasteiger partial charge in [-0.15, -0.1) is 5.10 Å². The number of hydrogen-bond donors (Lipinski definition) is 0. The fourth-order valence-corrected chi connectivity index (χ4v) is 2.70. The number of nitrogens with zero attached hydrogens (tertiary/aromatic N) is 4. The average molecular weight is 305 g/mol. The number of amides is 1. The third-order valence-corrected chi connectivity index (χ3v) is 3.64. The van der Waals surface area contributed by atoms with E-state index in [2.05, 4.69) is 30.4 Å². The van der Waals surface area contributed by atoms with Crippen LogP contribution in [0.1, 0.15) is 9.67 Å². The maximum Gasteiger partial charge on any atom is 0.267 e. The van der Waals surface area contributed by atoms with Crippen LogP contribution in [0.15, 0.2) is 6.20 Å². The standard InChI is InChI=1S/C9H13BrN4OS/c10-1-2-13-3-5-14(6-4-13)9(15)8-7-11-12-16-8/h7H,1-6H2. The molecule has 2 heterocycles. The average Bonchev–Trinajstić information content (AvgIpc) is 2.83. The van der Waals surface area contributed by atoms with Crippen molar-refractivity contribution in [1.29, 1.82) is 0 Å². The van der Waals surface area contributed by atoms with Gasteiger partial charge in [0.2, 0.25) is 0 Å². The maximum atomic E-state index is 12.0. The summed E-state index contributed by atoms with van der Waals surface area (Å²) in [6.45, 7) is 4.53. The van der Waals surface area contributed by atoms with E-state index < -0.39 is 0 Å². The summed E-state index contributed by atoms with van der Waals surface area (Å²) in [7, 11) is 0. The first-order chi connectivity index (χ1) is 7.81. The van der Waals surface area contributed by atoms with Crippen LogP contribution in [0, 0.1) is 0 Å². The van der Waals surface area contributed by atoms with Crippen LogP contribution < -0.4 is 0 Å². The second-order valence-electron chi connectivity index (χ2n) is 3.60. The van der Waals surface area contributed by atoms with Gasteiger partial charge >= 0.3 is 0 Å². The summed E-state index contributed by atoms with van der Waals surface area (Å²) in [6.07, 6.45) is 1.54. The van der Waals surface area contributed by atoms with E-state index in [4.69, 9.17) is 0 Å².